The molecule has 1 aromatic carbocycles. The van der Waals surface area contributed by atoms with E-state index in [4.69, 9.17) is 0 Å². The van der Waals surface area contributed by atoms with Crippen LogP contribution in [-0.2, 0) is 9.84 Å². The van der Waals surface area contributed by atoms with Crippen LogP contribution >= 0.6 is 0 Å². The monoisotopic (exact) mass is 312 g/mol. The lowest BCUT2D eigenvalue weighted by atomic mass is 10.3. The highest BCUT2D eigenvalue weighted by Crippen LogP contribution is 2.09. The molecular formula is C16H28N2O2S. The van der Waals surface area contributed by atoms with E-state index in [-0.39, 0.29) is 5.75 Å². The van der Waals surface area contributed by atoms with Crippen molar-refractivity contribution < 1.29 is 8.42 Å². The van der Waals surface area contributed by atoms with Gasteiger partial charge in [-0.2, -0.15) is 0 Å². The van der Waals surface area contributed by atoms with Crippen molar-refractivity contribution in [1.29, 1.82) is 0 Å². The predicted octanol–water partition coefficient (Wildman–Crippen LogP) is 2.17. The molecule has 4 nitrogen and oxygen atoms in total. The van der Waals surface area contributed by atoms with Gasteiger partial charge in [0.2, 0.25) is 0 Å². The summed E-state index contributed by atoms with van der Waals surface area (Å²) in [5.41, 5.74) is 0. The van der Waals surface area contributed by atoms with Crippen LogP contribution in [0.5, 0.6) is 0 Å². The van der Waals surface area contributed by atoms with Gasteiger partial charge >= 0.3 is 0 Å². The average Bonchev–Trinajstić information content (AvgIpc) is 2.51. The maximum atomic E-state index is 12.0. The van der Waals surface area contributed by atoms with Crippen LogP contribution in [0.4, 0.5) is 0 Å². The minimum absolute atomic E-state index is 0.160. The second kappa shape index (κ2) is 9.92. The molecule has 0 radical (unpaired) electrons. The van der Waals surface area contributed by atoms with E-state index in [9.17, 15) is 8.42 Å². The third-order valence-corrected chi connectivity index (χ3v) is 5.35. The fourth-order valence-electron chi connectivity index (χ4n) is 2.20. The number of benzene rings is 1. The van der Waals surface area contributed by atoms with Crippen LogP contribution in [0.1, 0.15) is 26.7 Å². The topological polar surface area (TPSA) is 49.4 Å². The van der Waals surface area contributed by atoms with Gasteiger partial charge in [0.1, 0.15) is 0 Å². The van der Waals surface area contributed by atoms with Crippen LogP contribution in [0, 0.1) is 0 Å². The van der Waals surface area contributed by atoms with Crippen molar-refractivity contribution in [3.05, 3.63) is 30.3 Å². The minimum atomic E-state index is -3.15. The second-order valence-electron chi connectivity index (χ2n) is 5.12. The lowest BCUT2D eigenvalue weighted by molar-refractivity contribution is 0.296. The molecule has 0 aromatic heterocycles. The van der Waals surface area contributed by atoms with Gasteiger partial charge in [-0.05, 0) is 51.2 Å². The molecule has 0 aliphatic carbocycles. The predicted molar refractivity (Wildman–Crippen MR) is 88.4 cm³/mol. The maximum Gasteiger partial charge on any atom is 0.179 e. The highest BCUT2D eigenvalue weighted by Gasteiger charge is 2.12. The summed E-state index contributed by atoms with van der Waals surface area (Å²) < 4.78 is 24.1. The lowest BCUT2D eigenvalue weighted by Gasteiger charge is -2.17. The van der Waals surface area contributed by atoms with Crippen molar-refractivity contribution in [2.75, 3.05) is 38.5 Å². The van der Waals surface area contributed by atoms with Gasteiger partial charge < -0.3 is 10.2 Å². The zero-order valence-electron chi connectivity index (χ0n) is 13.2. The Hall–Kier alpha value is -0.910. The smallest absolute Gasteiger partial charge is 0.179 e. The van der Waals surface area contributed by atoms with Gasteiger partial charge in [-0.1, -0.05) is 32.0 Å². The summed E-state index contributed by atoms with van der Waals surface area (Å²) >= 11 is 0. The first-order valence-electron chi connectivity index (χ1n) is 7.81. The minimum Gasteiger partial charge on any atom is -0.316 e. The largest absolute Gasteiger partial charge is 0.316 e. The molecule has 0 unspecified atom stereocenters. The molecule has 0 aliphatic heterocycles. The van der Waals surface area contributed by atoms with E-state index >= 15 is 0 Å². The van der Waals surface area contributed by atoms with E-state index in [1.807, 2.05) is 6.07 Å². The summed E-state index contributed by atoms with van der Waals surface area (Å²) in [4.78, 5) is 2.81. The van der Waals surface area contributed by atoms with E-state index in [0.717, 1.165) is 39.0 Å². The fraction of sp³-hybridized carbons (Fsp3) is 0.625. The zero-order valence-corrected chi connectivity index (χ0v) is 14.0. The third kappa shape index (κ3) is 7.07. The molecule has 1 rings (SSSR count). The molecule has 0 amide bonds. The van der Waals surface area contributed by atoms with Gasteiger partial charge in [-0.15, -0.1) is 0 Å². The molecule has 0 spiro atoms. The first-order valence-corrected chi connectivity index (χ1v) is 9.46. The van der Waals surface area contributed by atoms with E-state index < -0.39 is 9.84 Å². The number of nitrogens with zero attached hydrogens (tertiary/aromatic N) is 1. The zero-order chi connectivity index (χ0) is 15.6. The number of hydrogen-bond donors (Lipinski definition) is 1. The van der Waals surface area contributed by atoms with Crippen molar-refractivity contribution in [3.63, 3.8) is 0 Å². The summed E-state index contributed by atoms with van der Waals surface area (Å²) in [5.74, 6) is 0.160. The fourth-order valence-corrected chi connectivity index (χ4v) is 3.42. The Kier molecular flexibility index (Phi) is 8.57. The van der Waals surface area contributed by atoms with Gasteiger partial charge in [0.15, 0.2) is 9.84 Å². The van der Waals surface area contributed by atoms with Crippen molar-refractivity contribution in [2.45, 2.75) is 31.6 Å². The Morgan fingerprint density at radius 3 is 2.29 bits per heavy atom. The second-order valence-corrected chi connectivity index (χ2v) is 7.23. The normalized spacial score (nSPS) is 12.0. The highest BCUT2D eigenvalue weighted by atomic mass is 32.2. The number of hydrogen-bond acceptors (Lipinski definition) is 4. The molecule has 1 aromatic rings. The summed E-state index contributed by atoms with van der Waals surface area (Å²) in [5, 5.41) is 3.22. The lowest BCUT2D eigenvalue weighted by Crippen LogP contribution is -2.26. The van der Waals surface area contributed by atoms with Gasteiger partial charge in [-0.25, -0.2) is 8.42 Å². The van der Waals surface area contributed by atoms with Crippen molar-refractivity contribution in [3.8, 4) is 0 Å². The van der Waals surface area contributed by atoms with Crippen LogP contribution in [0.2, 0.25) is 0 Å². The summed E-state index contributed by atoms with van der Waals surface area (Å²) in [6.07, 6.45) is 2.24. The number of unbranched alkanes of at least 4 members (excludes halogenated alkanes) is 1. The van der Waals surface area contributed by atoms with E-state index in [1.54, 1.807) is 24.3 Å². The van der Waals surface area contributed by atoms with Crippen molar-refractivity contribution >= 4 is 9.84 Å². The molecule has 21 heavy (non-hydrogen) atoms. The Labute approximate surface area is 129 Å². The Morgan fingerprint density at radius 1 is 1.00 bits per heavy atom. The molecule has 1 N–H and O–H groups in total. The van der Waals surface area contributed by atoms with E-state index in [2.05, 4.69) is 24.1 Å². The first kappa shape index (κ1) is 18.1. The quantitative estimate of drug-likeness (QED) is 0.636. The van der Waals surface area contributed by atoms with Crippen LogP contribution in [0.3, 0.4) is 0 Å². The first-order chi connectivity index (χ1) is 10.1. The molecule has 0 saturated carbocycles. The Balaban J connectivity index is 2.14. The van der Waals surface area contributed by atoms with Gasteiger partial charge in [-0.3, -0.25) is 0 Å². The molecular weight excluding hydrogens is 284 g/mol. The average molecular weight is 312 g/mol. The van der Waals surface area contributed by atoms with Crippen molar-refractivity contribution in [2.24, 2.45) is 0 Å². The number of nitrogens with one attached hydrogen (secondary N) is 1. The summed E-state index contributed by atoms with van der Waals surface area (Å²) in [6, 6.07) is 8.65. The van der Waals surface area contributed by atoms with Crippen LogP contribution < -0.4 is 5.32 Å². The number of sulfone groups is 1. The van der Waals surface area contributed by atoms with Crippen LogP contribution in [-0.4, -0.2) is 51.8 Å². The number of rotatable bonds is 11. The highest BCUT2D eigenvalue weighted by molar-refractivity contribution is 7.91. The van der Waals surface area contributed by atoms with Crippen LogP contribution in [0.25, 0.3) is 0 Å². The molecule has 120 valence electrons. The molecule has 0 atom stereocenters. The summed E-state index contributed by atoms with van der Waals surface area (Å²) in [6.45, 7) is 9.07. The SMILES string of the molecule is CCN(CC)CCCCNCCS(=O)(=O)c1ccccc1. The van der Waals surface area contributed by atoms with Gasteiger partial charge in [0.05, 0.1) is 10.6 Å². The van der Waals surface area contributed by atoms with E-state index in [1.165, 1.54) is 0 Å². The Morgan fingerprint density at radius 2 is 1.67 bits per heavy atom. The standard InChI is InChI=1S/C16H28N2O2S/c1-3-18(4-2)14-9-8-12-17-13-15-21(19,20)16-10-6-5-7-11-16/h5-7,10-11,17H,3-4,8-9,12-15H2,1-2H3. The molecule has 0 heterocycles. The molecule has 5 heteroatoms. The maximum absolute atomic E-state index is 12.0. The van der Waals surface area contributed by atoms with Crippen molar-refractivity contribution in [1.82, 2.24) is 10.2 Å². The van der Waals surface area contributed by atoms with Gasteiger partial charge in [0, 0.05) is 6.54 Å². The third-order valence-electron chi connectivity index (χ3n) is 3.62. The van der Waals surface area contributed by atoms with E-state index in [0.29, 0.717) is 11.4 Å². The Bertz CT molecular complexity index is 470. The summed E-state index contributed by atoms with van der Waals surface area (Å²) in [7, 11) is -3.15. The molecule has 0 fully saturated rings. The van der Waals surface area contributed by atoms with Crippen LogP contribution in [0.15, 0.2) is 35.2 Å². The molecule has 0 bridgehead atoms. The van der Waals surface area contributed by atoms with Gasteiger partial charge in [0.25, 0.3) is 0 Å². The molecule has 0 saturated heterocycles. The molecule has 0 aliphatic rings.